The fraction of sp³-hybridized carbons (Fsp3) is 0.143. The maximum absolute atomic E-state index is 12.4. The SMILES string of the molecule is COc1ccc(C)cc1NC(=O)CNC(=O)c1ccc(-c2ccc(Cl)cc2)s1. The van der Waals surface area contributed by atoms with E-state index in [0.717, 1.165) is 16.0 Å². The van der Waals surface area contributed by atoms with Crippen LogP contribution in [0.5, 0.6) is 5.75 Å². The van der Waals surface area contributed by atoms with Crippen LogP contribution in [0, 0.1) is 6.92 Å². The van der Waals surface area contributed by atoms with Crippen LogP contribution in [0.1, 0.15) is 15.2 Å². The zero-order valence-corrected chi connectivity index (χ0v) is 17.0. The van der Waals surface area contributed by atoms with E-state index in [4.69, 9.17) is 16.3 Å². The lowest BCUT2D eigenvalue weighted by Crippen LogP contribution is -2.32. The number of benzene rings is 2. The van der Waals surface area contributed by atoms with Gasteiger partial charge in [0.15, 0.2) is 0 Å². The monoisotopic (exact) mass is 414 g/mol. The normalized spacial score (nSPS) is 10.4. The lowest BCUT2D eigenvalue weighted by Gasteiger charge is -2.11. The van der Waals surface area contributed by atoms with E-state index in [1.54, 1.807) is 24.3 Å². The van der Waals surface area contributed by atoms with Gasteiger partial charge in [-0.3, -0.25) is 9.59 Å². The second-order valence-corrected chi connectivity index (χ2v) is 7.63. The van der Waals surface area contributed by atoms with Crippen LogP contribution < -0.4 is 15.4 Å². The van der Waals surface area contributed by atoms with Gasteiger partial charge in [-0.25, -0.2) is 0 Å². The third kappa shape index (κ3) is 4.91. The van der Waals surface area contributed by atoms with Gasteiger partial charge in [0.25, 0.3) is 5.91 Å². The van der Waals surface area contributed by atoms with Crippen molar-refractivity contribution in [1.82, 2.24) is 5.32 Å². The molecule has 5 nitrogen and oxygen atoms in total. The Hall–Kier alpha value is -2.83. The topological polar surface area (TPSA) is 67.4 Å². The summed E-state index contributed by atoms with van der Waals surface area (Å²) in [6.07, 6.45) is 0. The molecule has 0 spiro atoms. The van der Waals surface area contributed by atoms with E-state index in [-0.39, 0.29) is 18.4 Å². The summed E-state index contributed by atoms with van der Waals surface area (Å²) >= 11 is 7.26. The Bertz CT molecular complexity index is 999. The van der Waals surface area contributed by atoms with E-state index in [9.17, 15) is 9.59 Å². The van der Waals surface area contributed by atoms with Crippen LogP contribution in [0.15, 0.2) is 54.6 Å². The van der Waals surface area contributed by atoms with Gasteiger partial charge in [-0.2, -0.15) is 0 Å². The van der Waals surface area contributed by atoms with Gasteiger partial charge in [0.1, 0.15) is 5.75 Å². The average molecular weight is 415 g/mol. The molecule has 1 heterocycles. The average Bonchev–Trinajstić information content (AvgIpc) is 3.17. The van der Waals surface area contributed by atoms with Crippen LogP contribution in [0.4, 0.5) is 5.69 Å². The Kier molecular flexibility index (Phi) is 6.34. The van der Waals surface area contributed by atoms with Crippen molar-refractivity contribution in [1.29, 1.82) is 0 Å². The van der Waals surface area contributed by atoms with E-state index in [0.29, 0.717) is 21.3 Å². The number of nitrogens with one attached hydrogen (secondary N) is 2. The van der Waals surface area contributed by atoms with Crippen LogP contribution in [0.2, 0.25) is 5.02 Å². The van der Waals surface area contributed by atoms with Crippen molar-refractivity contribution in [3.63, 3.8) is 0 Å². The van der Waals surface area contributed by atoms with Crippen molar-refractivity contribution in [2.24, 2.45) is 0 Å². The Morgan fingerprint density at radius 3 is 2.54 bits per heavy atom. The highest BCUT2D eigenvalue weighted by Crippen LogP contribution is 2.29. The molecule has 0 saturated carbocycles. The molecule has 144 valence electrons. The standard InChI is InChI=1S/C21H19ClN2O3S/c1-13-3-8-17(27-2)16(11-13)24-20(25)12-23-21(26)19-10-9-18(28-19)14-4-6-15(22)7-5-14/h3-11H,12H2,1-2H3,(H,23,26)(H,24,25). The number of amides is 2. The van der Waals surface area contributed by atoms with Crippen LogP contribution in [0.25, 0.3) is 10.4 Å². The molecule has 0 bridgehead atoms. The molecule has 3 rings (SSSR count). The zero-order chi connectivity index (χ0) is 20.1. The van der Waals surface area contributed by atoms with Crippen molar-refractivity contribution in [2.45, 2.75) is 6.92 Å². The second-order valence-electron chi connectivity index (χ2n) is 6.11. The van der Waals surface area contributed by atoms with Crippen molar-refractivity contribution in [3.8, 4) is 16.2 Å². The van der Waals surface area contributed by atoms with Gasteiger partial charge in [0, 0.05) is 9.90 Å². The first-order valence-corrected chi connectivity index (χ1v) is 9.74. The van der Waals surface area contributed by atoms with E-state index in [2.05, 4.69) is 10.6 Å². The number of rotatable bonds is 6. The third-order valence-electron chi connectivity index (χ3n) is 4.00. The quantitative estimate of drug-likeness (QED) is 0.611. The van der Waals surface area contributed by atoms with Crippen LogP contribution in [-0.2, 0) is 4.79 Å². The maximum Gasteiger partial charge on any atom is 0.261 e. The summed E-state index contributed by atoms with van der Waals surface area (Å²) in [6.45, 7) is 1.79. The summed E-state index contributed by atoms with van der Waals surface area (Å²) in [6, 6.07) is 16.5. The number of carbonyl (C=O) groups is 2. The Morgan fingerprint density at radius 2 is 1.82 bits per heavy atom. The van der Waals surface area contributed by atoms with Crippen LogP contribution >= 0.6 is 22.9 Å². The molecule has 1 aromatic heterocycles. The van der Waals surface area contributed by atoms with Gasteiger partial charge in [0.05, 0.1) is 24.2 Å². The molecule has 0 aliphatic heterocycles. The summed E-state index contributed by atoms with van der Waals surface area (Å²) in [5.41, 5.74) is 2.55. The molecule has 0 fully saturated rings. The lowest BCUT2D eigenvalue weighted by molar-refractivity contribution is -0.115. The first-order valence-electron chi connectivity index (χ1n) is 8.55. The number of thiophene rings is 1. The molecule has 28 heavy (non-hydrogen) atoms. The summed E-state index contributed by atoms with van der Waals surface area (Å²) in [7, 11) is 1.54. The first kappa shape index (κ1) is 19.9. The fourth-order valence-electron chi connectivity index (χ4n) is 2.59. The summed E-state index contributed by atoms with van der Waals surface area (Å²) < 4.78 is 5.24. The molecule has 0 aliphatic carbocycles. The van der Waals surface area contributed by atoms with Crippen molar-refractivity contribution in [3.05, 3.63) is 70.1 Å². The number of ether oxygens (including phenoxy) is 1. The minimum atomic E-state index is -0.327. The lowest BCUT2D eigenvalue weighted by atomic mass is 10.2. The largest absolute Gasteiger partial charge is 0.495 e. The number of anilines is 1. The van der Waals surface area contributed by atoms with Crippen LogP contribution in [-0.4, -0.2) is 25.5 Å². The summed E-state index contributed by atoms with van der Waals surface area (Å²) in [5, 5.41) is 6.06. The summed E-state index contributed by atoms with van der Waals surface area (Å²) in [5.74, 6) is -0.0561. The van der Waals surface area contributed by atoms with E-state index < -0.39 is 0 Å². The van der Waals surface area contributed by atoms with Gasteiger partial charge >= 0.3 is 0 Å². The van der Waals surface area contributed by atoms with Gasteiger partial charge in [-0.15, -0.1) is 11.3 Å². The highest BCUT2D eigenvalue weighted by atomic mass is 35.5. The predicted octanol–water partition coefficient (Wildman–Crippen LogP) is 4.75. The number of hydrogen-bond acceptors (Lipinski definition) is 4. The molecule has 2 aromatic carbocycles. The van der Waals surface area contributed by atoms with Crippen molar-refractivity contribution >= 4 is 40.4 Å². The van der Waals surface area contributed by atoms with E-state index in [1.165, 1.54) is 18.4 Å². The number of hydrogen-bond donors (Lipinski definition) is 2. The number of methoxy groups -OCH3 is 1. The number of carbonyl (C=O) groups excluding carboxylic acids is 2. The van der Waals surface area contributed by atoms with E-state index >= 15 is 0 Å². The Morgan fingerprint density at radius 1 is 1.07 bits per heavy atom. The molecule has 7 heteroatoms. The molecule has 3 aromatic rings. The molecular formula is C21H19ClN2O3S. The predicted molar refractivity (Wildman–Crippen MR) is 113 cm³/mol. The van der Waals surface area contributed by atoms with Crippen molar-refractivity contribution < 1.29 is 14.3 Å². The Labute approximate surface area is 172 Å². The molecule has 2 N–H and O–H groups in total. The highest BCUT2D eigenvalue weighted by Gasteiger charge is 2.13. The molecular weight excluding hydrogens is 396 g/mol. The number of halogens is 1. The third-order valence-corrected chi connectivity index (χ3v) is 5.38. The molecule has 0 atom stereocenters. The number of aryl methyl sites for hydroxylation is 1. The fourth-order valence-corrected chi connectivity index (χ4v) is 3.64. The van der Waals surface area contributed by atoms with Gasteiger partial charge in [-0.1, -0.05) is 29.8 Å². The first-order chi connectivity index (χ1) is 13.5. The van der Waals surface area contributed by atoms with Gasteiger partial charge < -0.3 is 15.4 Å². The van der Waals surface area contributed by atoms with Crippen molar-refractivity contribution in [2.75, 3.05) is 19.0 Å². The minimum Gasteiger partial charge on any atom is -0.495 e. The van der Waals surface area contributed by atoms with Gasteiger partial charge in [0.2, 0.25) is 5.91 Å². The van der Waals surface area contributed by atoms with Crippen LogP contribution in [0.3, 0.4) is 0 Å². The zero-order valence-electron chi connectivity index (χ0n) is 15.4. The molecule has 0 radical (unpaired) electrons. The second kappa shape index (κ2) is 8.91. The molecule has 2 amide bonds. The Balaban J connectivity index is 1.59. The summed E-state index contributed by atoms with van der Waals surface area (Å²) in [4.78, 5) is 26.0. The maximum atomic E-state index is 12.4. The van der Waals surface area contributed by atoms with Gasteiger partial charge in [-0.05, 0) is 54.4 Å². The highest BCUT2D eigenvalue weighted by molar-refractivity contribution is 7.17. The molecule has 0 unspecified atom stereocenters. The molecule has 0 aliphatic rings. The molecule has 0 saturated heterocycles. The minimum absolute atomic E-state index is 0.135. The smallest absolute Gasteiger partial charge is 0.261 e. The van der Waals surface area contributed by atoms with E-state index in [1.807, 2.05) is 37.3 Å².